The zero-order chi connectivity index (χ0) is 43.6. The minimum absolute atomic E-state index is 0.0858. The zero-order valence-corrected chi connectivity index (χ0v) is 35.1. The zero-order valence-electron chi connectivity index (χ0n) is 35.1. The lowest BCUT2D eigenvalue weighted by molar-refractivity contribution is -0.136. The molecule has 1 unspecified atom stereocenters. The van der Waals surface area contributed by atoms with Gasteiger partial charge in [0.1, 0.15) is 17.0 Å². The van der Waals surface area contributed by atoms with Crippen LogP contribution in [0.3, 0.4) is 0 Å². The molecule has 0 radical (unpaired) electrons. The molecule has 3 saturated heterocycles. The molecule has 5 aromatic rings. The molecule has 4 amide bonds. The highest BCUT2D eigenvalue weighted by Crippen LogP contribution is 2.39. The smallest absolute Gasteiger partial charge is 0.278 e. The lowest BCUT2D eigenvalue weighted by Crippen LogP contribution is -2.54. The number of pyridine rings is 1. The second-order valence-corrected chi connectivity index (χ2v) is 17.1. The van der Waals surface area contributed by atoms with Crippen molar-refractivity contribution in [2.45, 2.75) is 76.1 Å². The molecule has 0 spiro atoms. The van der Waals surface area contributed by atoms with Gasteiger partial charge >= 0.3 is 0 Å². The van der Waals surface area contributed by atoms with Gasteiger partial charge in [-0.3, -0.25) is 39.1 Å². The van der Waals surface area contributed by atoms with E-state index in [4.69, 9.17) is 9.97 Å². The van der Waals surface area contributed by atoms with E-state index in [1.54, 1.807) is 22.9 Å². The van der Waals surface area contributed by atoms with E-state index in [1.807, 2.05) is 37.3 Å². The van der Waals surface area contributed by atoms with Crippen molar-refractivity contribution >= 4 is 57.7 Å². The summed E-state index contributed by atoms with van der Waals surface area (Å²) in [6.45, 7) is 11.2. The summed E-state index contributed by atoms with van der Waals surface area (Å²) in [5.41, 5.74) is 4.20. The van der Waals surface area contributed by atoms with Crippen molar-refractivity contribution in [3.63, 3.8) is 0 Å². The van der Waals surface area contributed by atoms with Crippen molar-refractivity contribution < 1.29 is 24.3 Å². The topological polar surface area (TPSA) is 191 Å². The molecule has 17 nitrogen and oxygen atoms in total. The van der Waals surface area contributed by atoms with Gasteiger partial charge in [-0.1, -0.05) is 19.1 Å². The highest BCUT2D eigenvalue weighted by Gasteiger charge is 2.45. The van der Waals surface area contributed by atoms with Crippen LogP contribution >= 0.6 is 0 Å². The van der Waals surface area contributed by atoms with Crippen molar-refractivity contribution in [3.05, 3.63) is 106 Å². The first-order valence-corrected chi connectivity index (χ1v) is 21.8. The Balaban J connectivity index is 0.759. The summed E-state index contributed by atoms with van der Waals surface area (Å²) in [6, 6.07) is 16.8. The first-order chi connectivity index (χ1) is 30.5. The van der Waals surface area contributed by atoms with Crippen LogP contribution in [-0.2, 0) is 28.2 Å². The standard InChI is InChI=1S/C46H49N11O6/c1-3-19-55-42(60)35-27-47-45(51-40(35)57(55)37-13-5-28-15-18-46(63,4-2)39(28)49-37)48-29-6-8-30(9-7-29)52-20-16-31(17-21-52)53-22-24-54(25-23-53)32-10-11-33-34(26-32)44(62)56(43(33)61)36-12-14-38(58)50-41(36)59/h3,5-11,13,26-27,31,36,63H,1,4,12,14-25H2,2H3,(H,47,48,51)(H,50,58,59)/t36?,46-/m1/s1. The molecule has 324 valence electrons. The molecule has 2 aromatic carbocycles. The molecule has 3 N–H and O–H groups in total. The minimum Gasteiger partial charge on any atom is -0.384 e. The fourth-order valence-electron chi connectivity index (χ4n) is 9.99. The molecule has 2 atom stereocenters. The van der Waals surface area contributed by atoms with E-state index < -0.39 is 35.3 Å². The van der Waals surface area contributed by atoms with Crippen molar-refractivity contribution in [2.75, 3.05) is 54.4 Å². The summed E-state index contributed by atoms with van der Waals surface area (Å²) < 4.78 is 3.23. The number of benzene rings is 2. The Morgan fingerprint density at radius 1 is 0.857 bits per heavy atom. The molecule has 63 heavy (non-hydrogen) atoms. The number of nitrogens with zero attached hydrogens (tertiary/aromatic N) is 9. The Morgan fingerprint density at radius 3 is 2.32 bits per heavy atom. The van der Waals surface area contributed by atoms with Crippen LogP contribution in [0.1, 0.15) is 77.4 Å². The van der Waals surface area contributed by atoms with Crippen LogP contribution < -0.4 is 26.0 Å². The van der Waals surface area contributed by atoms with Crippen LogP contribution in [0.15, 0.2) is 78.2 Å². The SMILES string of the molecule is C=CCn1c(=O)c2cnc(Nc3ccc(N4CCC(N5CCN(c6ccc7c(c6)C(=O)N(C6CCC(=O)NC6=O)C7=O)CC5)CC4)cc3)nc2n1-c1ccc2c(n1)[C@@](O)(CC)CC2. The summed E-state index contributed by atoms with van der Waals surface area (Å²) in [5, 5.41) is 17.2. The molecule has 0 bridgehead atoms. The van der Waals surface area contributed by atoms with E-state index >= 15 is 0 Å². The van der Waals surface area contributed by atoms with Crippen molar-refractivity contribution in [1.82, 2.24) is 39.4 Å². The van der Waals surface area contributed by atoms with Gasteiger partial charge in [0.15, 0.2) is 11.5 Å². The fraction of sp³-hybridized carbons (Fsp3) is 0.391. The van der Waals surface area contributed by atoms with Crippen molar-refractivity contribution in [2.24, 2.45) is 0 Å². The third kappa shape index (κ3) is 7.04. The van der Waals surface area contributed by atoms with Crippen molar-refractivity contribution in [1.29, 1.82) is 0 Å². The molecular formula is C46H49N11O6. The van der Waals surface area contributed by atoms with Crippen LogP contribution in [-0.4, -0.2) is 114 Å². The van der Waals surface area contributed by atoms with Crippen molar-refractivity contribution in [3.8, 4) is 5.82 Å². The highest BCUT2D eigenvalue weighted by atomic mass is 16.3. The molecule has 17 heteroatoms. The number of hydrogen-bond acceptors (Lipinski definition) is 13. The summed E-state index contributed by atoms with van der Waals surface area (Å²) in [7, 11) is 0. The molecule has 3 aromatic heterocycles. The van der Waals surface area contributed by atoms with Gasteiger partial charge in [0, 0.05) is 75.0 Å². The van der Waals surface area contributed by atoms with Crippen LogP contribution in [0.4, 0.5) is 23.0 Å². The Morgan fingerprint density at radius 2 is 1.59 bits per heavy atom. The Labute approximate surface area is 363 Å². The summed E-state index contributed by atoms with van der Waals surface area (Å²) in [4.78, 5) is 86.7. The van der Waals surface area contributed by atoms with E-state index in [2.05, 4.69) is 49.0 Å². The number of carbonyl (C=O) groups is 4. The first-order valence-electron chi connectivity index (χ1n) is 21.8. The molecular weight excluding hydrogens is 803 g/mol. The number of hydrogen-bond donors (Lipinski definition) is 3. The van der Waals surface area contributed by atoms with Gasteiger partial charge in [0.25, 0.3) is 17.4 Å². The molecule has 1 aliphatic carbocycles. The Hall–Kier alpha value is -6.72. The van der Waals surface area contributed by atoms with E-state index in [1.165, 1.54) is 10.9 Å². The second-order valence-electron chi connectivity index (χ2n) is 17.1. The first kappa shape index (κ1) is 40.4. The number of aromatic nitrogens is 5. The number of fused-ring (bicyclic) bond motifs is 3. The van der Waals surface area contributed by atoms with Gasteiger partial charge in [0.2, 0.25) is 17.8 Å². The van der Waals surface area contributed by atoms with Gasteiger partial charge in [-0.25, -0.2) is 19.3 Å². The number of aliphatic hydroxyl groups is 1. The van der Waals surface area contributed by atoms with Crippen LogP contribution in [0.5, 0.6) is 0 Å². The lowest BCUT2D eigenvalue weighted by Gasteiger charge is -2.44. The molecule has 0 saturated carbocycles. The molecule has 4 aliphatic heterocycles. The maximum absolute atomic E-state index is 13.5. The third-order valence-corrected chi connectivity index (χ3v) is 13.6. The number of rotatable bonds is 10. The normalized spacial score (nSPS) is 21.9. The Bertz CT molecular complexity index is 2750. The van der Waals surface area contributed by atoms with Gasteiger partial charge < -0.3 is 20.2 Å². The maximum atomic E-state index is 13.5. The predicted octanol–water partition coefficient (Wildman–Crippen LogP) is 3.64. The number of carbonyl (C=O) groups excluding carboxylic acids is 4. The molecule has 3 fully saturated rings. The van der Waals surface area contributed by atoms with E-state index in [0.29, 0.717) is 52.9 Å². The third-order valence-electron chi connectivity index (χ3n) is 13.6. The van der Waals surface area contributed by atoms with Crippen LogP contribution in [0.25, 0.3) is 16.9 Å². The monoisotopic (exact) mass is 851 g/mol. The number of amides is 4. The van der Waals surface area contributed by atoms with Gasteiger partial charge in [-0.05, 0) is 92.6 Å². The molecule has 5 aliphatic rings. The van der Waals surface area contributed by atoms with E-state index in [-0.39, 0.29) is 30.5 Å². The molecule has 10 rings (SSSR count). The van der Waals surface area contributed by atoms with Gasteiger partial charge in [-0.2, -0.15) is 4.98 Å². The number of allylic oxidation sites excluding steroid dienone is 1. The largest absolute Gasteiger partial charge is 0.384 e. The number of piperazine rings is 1. The second kappa shape index (κ2) is 15.9. The van der Waals surface area contributed by atoms with Gasteiger partial charge in [0.05, 0.1) is 23.4 Å². The lowest BCUT2D eigenvalue weighted by atomic mass is 9.98. The van der Waals surface area contributed by atoms with Gasteiger partial charge in [-0.15, -0.1) is 6.58 Å². The highest BCUT2D eigenvalue weighted by molar-refractivity contribution is 6.23. The predicted molar refractivity (Wildman–Crippen MR) is 235 cm³/mol. The fourth-order valence-corrected chi connectivity index (χ4v) is 9.99. The van der Waals surface area contributed by atoms with E-state index in [0.717, 1.165) is 86.1 Å². The average molecular weight is 852 g/mol. The summed E-state index contributed by atoms with van der Waals surface area (Å²) in [5.74, 6) is -1.16. The number of piperidine rings is 2. The number of nitrogens with one attached hydrogen (secondary N) is 2. The van der Waals surface area contributed by atoms with E-state index in [9.17, 15) is 29.1 Å². The Kier molecular flexibility index (Phi) is 10.2. The molecule has 7 heterocycles. The van der Waals surface area contributed by atoms with Crippen LogP contribution in [0.2, 0.25) is 0 Å². The quantitative estimate of drug-likeness (QED) is 0.137. The van der Waals surface area contributed by atoms with Crippen LogP contribution in [0, 0.1) is 0 Å². The summed E-state index contributed by atoms with van der Waals surface area (Å²) >= 11 is 0. The summed E-state index contributed by atoms with van der Waals surface area (Å²) in [6.07, 6.45) is 7.38. The minimum atomic E-state index is -1.01. The number of anilines is 4. The number of imide groups is 2. The average Bonchev–Trinajstić information content (AvgIpc) is 3.88. The maximum Gasteiger partial charge on any atom is 0.278 e. The number of aryl methyl sites for hydroxylation is 1.